The third-order valence-electron chi connectivity index (χ3n) is 9.57. The van der Waals surface area contributed by atoms with Crippen LogP contribution in [0.15, 0.2) is 109 Å². The van der Waals surface area contributed by atoms with E-state index in [0.717, 1.165) is 0 Å². The molecule has 0 fully saturated rings. The first-order valence-electron chi connectivity index (χ1n) is 14.9. The van der Waals surface area contributed by atoms with Crippen molar-refractivity contribution in [2.24, 2.45) is 0 Å². The van der Waals surface area contributed by atoms with Crippen molar-refractivity contribution < 1.29 is 9.15 Å². The zero-order valence-corrected chi connectivity index (χ0v) is 25.4. The quantitative estimate of drug-likeness (QED) is 0.198. The second kappa shape index (κ2) is 9.49. The average Bonchev–Trinajstić information content (AvgIpc) is 3.32. The lowest BCUT2D eigenvalue weighted by Crippen LogP contribution is -2.26. The molecule has 206 valence electrons. The molecule has 0 bridgehead atoms. The van der Waals surface area contributed by atoms with Crippen molar-refractivity contribution in [3.8, 4) is 0 Å². The maximum atomic E-state index is 2.36. The largest absolute Gasteiger partial charge is 0.210 e. The fourth-order valence-electron chi connectivity index (χ4n) is 7.50. The molecule has 2 heterocycles. The fraction of sp³-hybridized carbons (Fsp3) is 0.200. The van der Waals surface area contributed by atoms with E-state index in [4.69, 9.17) is 0 Å². The number of rotatable bonds is 4. The van der Waals surface area contributed by atoms with Gasteiger partial charge in [0.05, 0.1) is 10.8 Å². The number of hydrogen-bond donors (Lipinski definition) is 0. The molecule has 0 aliphatic carbocycles. The summed E-state index contributed by atoms with van der Waals surface area (Å²) in [7, 11) is 4.39. The van der Waals surface area contributed by atoms with E-state index in [-0.39, 0.29) is 10.8 Å². The van der Waals surface area contributed by atoms with Gasteiger partial charge in [-0.3, -0.25) is 0 Å². The highest BCUT2D eigenvalue weighted by molar-refractivity contribution is 6.10. The van der Waals surface area contributed by atoms with Crippen molar-refractivity contribution in [2.45, 2.75) is 38.5 Å². The molecule has 0 N–H and O–H groups in total. The zero-order valence-electron chi connectivity index (χ0n) is 25.4. The molecule has 2 aliphatic heterocycles. The van der Waals surface area contributed by atoms with E-state index in [1.54, 1.807) is 0 Å². The van der Waals surface area contributed by atoms with Gasteiger partial charge in [0.25, 0.3) is 0 Å². The summed E-state index contributed by atoms with van der Waals surface area (Å²) in [5, 5.41) is 5.28. The molecule has 2 nitrogen and oxygen atoms in total. The first-order valence-corrected chi connectivity index (χ1v) is 14.9. The van der Waals surface area contributed by atoms with Crippen molar-refractivity contribution >= 4 is 56.5 Å². The minimum absolute atomic E-state index is 0.0899. The fourth-order valence-corrected chi connectivity index (χ4v) is 7.50. The van der Waals surface area contributed by atoms with Crippen LogP contribution < -0.4 is 0 Å². The van der Waals surface area contributed by atoms with E-state index in [1.165, 1.54) is 66.6 Å². The summed E-state index contributed by atoms with van der Waals surface area (Å²) < 4.78 is 4.72. The van der Waals surface area contributed by atoms with Gasteiger partial charge in [0.2, 0.25) is 11.4 Å². The summed E-state index contributed by atoms with van der Waals surface area (Å²) in [6.07, 6.45) is 9.14. The Labute approximate surface area is 249 Å². The van der Waals surface area contributed by atoms with Gasteiger partial charge in [-0.25, -0.2) is 0 Å². The number of fused-ring (bicyclic) bond motifs is 6. The van der Waals surface area contributed by atoms with Crippen molar-refractivity contribution in [1.29, 1.82) is 0 Å². The van der Waals surface area contributed by atoms with Crippen LogP contribution in [-0.4, -0.2) is 34.7 Å². The first-order chi connectivity index (χ1) is 20.2. The lowest BCUT2D eigenvalue weighted by molar-refractivity contribution is -0.401. The Morgan fingerprint density at radius 1 is 0.476 bits per heavy atom. The van der Waals surface area contributed by atoms with E-state index in [9.17, 15) is 0 Å². The minimum atomic E-state index is -0.0899. The number of nitrogens with zero attached hydrogens (tertiary/aromatic N) is 2. The van der Waals surface area contributed by atoms with Crippen molar-refractivity contribution in [1.82, 2.24) is 0 Å². The Hall–Kier alpha value is -4.56. The van der Waals surface area contributed by atoms with E-state index < -0.39 is 0 Å². The van der Waals surface area contributed by atoms with Gasteiger partial charge in [-0.05, 0) is 90.7 Å². The van der Waals surface area contributed by atoms with Gasteiger partial charge >= 0.3 is 0 Å². The van der Waals surface area contributed by atoms with Crippen molar-refractivity contribution in [3.63, 3.8) is 0 Å². The Bertz CT molecular complexity index is 1900. The molecule has 2 heteroatoms. The topological polar surface area (TPSA) is 6.02 Å². The molecule has 0 radical (unpaired) electrons. The molecule has 42 heavy (non-hydrogen) atoms. The van der Waals surface area contributed by atoms with Crippen LogP contribution in [-0.2, 0) is 10.8 Å². The molecule has 5 aromatic carbocycles. The molecular weight excluding hydrogens is 508 g/mol. The summed E-state index contributed by atoms with van der Waals surface area (Å²) in [6.45, 7) is 9.38. The molecular formula is C40H38N2+2. The minimum Gasteiger partial charge on any atom is -0.198 e. The van der Waals surface area contributed by atoms with E-state index in [0.29, 0.717) is 0 Å². The summed E-state index contributed by atoms with van der Waals surface area (Å²) in [4.78, 5) is 0. The van der Waals surface area contributed by atoms with Crippen molar-refractivity contribution in [2.75, 3.05) is 14.1 Å². The highest BCUT2D eigenvalue weighted by atomic mass is 15.0. The van der Waals surface area contributed by atoms with Crippen LogP contribution in [0.4, 0.5) is 11.4 Å². The SMILES string of the molecule is C[N+]1=C(/C=C/c2cccc(/C=C/C3=[N+](C)c4ccc5ccccc5c4C3(C)C)c2)C(C)(C)c2c1ccc1ccccc21. The second-order valence-corrected chi connectivity index (χ2v) is 12.8. The maximum absolute atomic E-state index is 2.36. The van der Waals surface area contributed by atoms with Gasteiger partial charge in [-0.1, -0.05) is 66.7 Å². The highest BCUT2D eigenvalue weighted by Gasteiger charge is 2.45. The Balaban J connectivity index is 1.19. The predicted octanol–water partition coefficient (Wildman–Crippen LogP) is 9.43. The smallest absolute Gasteiger partial charge is 0.198 e. The normalized spacial score (nSPS) is 17.3. The third kappa shape index (κ3) is 3.93. The molecule has 0 spiro atoms. The van der Waals surface area contributed by atoms with E-state index >= 15 is 0 Å². The van der Waals surface area contributed by atoms with Crippen LogP contribution in [0.25, 0.3) is 33.7 Å². The van der Waals surface area contributed by atoms with Crippen LogP contribution in [0, 0.1) is 0 Å². The molecule has 7 rings (SSSR count). The molecule has 2 aliphatic rings. The zero-order chi connectivity index (χ0) is 29.2. The van der Waals surface area contributed by atoms with E-state index in [2.05, 4.69) is 172 Å². The van der Waals surface area contributed by atoms with Gasteiger partial charge in [0.1, 0.15) is 14.1 Å². The molecule has 0 amide bonds. The Morgan fingerprint density at radius 3 is 1.36 bits per heavy atom. The highest BCUT2D eigenvalue weighted by Crippen LogP contribution is 2.45. The van der Waals surface area contributed by atoms with Crippen LogP contribution in [0.3, 0.4) is 0 Å². The summed E-state index contributed by atoms with van der Waals surface area (Å²) in [5.74, 6) is 0. The van der Waals surface area contributed by atoms with Crippen molar-refractivity contribution in [3.05, 3.63) is 131 Å². The van der Waals surface area contributed by atoms with Gasteiger partial charge < -0.3 is 0 Å². The lowest BCUT2D eigenvalue weighted by Gasteiger charge is -2.17. The standard InChI is InChI=1S/C40H38N2/c1-39(2)35(41(5)33-22-20-29-14-7-9-16-31(29)37(33)39)24-18-27-12-11-13-28(26-27)19-25-36-40(3,4)38-32-17-10-8-15-30(32)21-23-34(38)42(36)6/h7-26H,1-6H3/q+2/b24-18+,25-19+. The predicted molar refractivity (Wildman–Crippen MR) is 180 cm³/mol. The van der Waals surface area contributed by atoms with Gasteiger partial charge in [-0.2, -0.15) is 9.15 Å². The van der Waals surface area contributed by atoms with Crippen LogP contribution in [0.1, 0.15) is 49.9 Å². The Kier molecular flexibility index (Phi) is 5.95. The number of allylic oxidation sites excluding steroid dienone is 2. The molecule has 5 aromatic rings. The van der Waals surface area contributed by atoms with Gasteiger partial charge in [0.15, 0.2) is 11.4 Å². The molecule has 0 saturated heterocycles. The molecule has 0 saturated carbocycles. The van der Waals surface area contributed by atoms with Crippen LogP contribution in [0.2, 0.25) is 0 Å². The van der Waals surface area contributed by atoms with Crippen LogP contribution in [0.5, 0.6) is 0 Å². The molecule has 0 aromatic heterocycles. The van der Waals surface area contributed by atoms with Gasteiger partial charge in [0, 0.05) is 35.4 Å². The average molecular weight is 547 g/mol. The second-order valence-electron chi connectivity index (χ2n) is 12.8. The Morgan fingerprint density at radius 2 is 0.905 bits per heavy atom. The molecule has 0 unspecified atom stereocenters. The van der Waals surface area contributed by atoms with E-state index in [1.807, 2.05) is 0 Å². The molecule has 0 atom stereocenters. The lowest BCUT2D eigenvalue weighted by atomic mass is 9.79. The van der Waals surface area contributed by atoms with Crippen LogP contribution >= 0.6 is 0 Å². The monoisotopic (exact) mass is 546 g/mol. The maximum Gasteiger partial charge on any atom is 0.210 e. The van der Waals surface area contributed by atoms with Gasteiger partial charge in [-0.15, -0.1) is 0 Å². The number of benzene rings is 5. The summed E-state index contributed by atoms with van der Waals surface area (Å²) in [6, 6.07) is 35.3. The third-order valence-corrected chi connectivity index (χ3v) is 9.57. The number of hydrogen-bond acceptors (Lipinski definition) is 0. The summed E-state index contributed by atoms with van der Waals surface area (Å²) >= 11 is 0. The first kappa shape index (κ1) is 26.3. The summed E-state index contributed by atoms with van der Waals surface area (Å²) in [5.41, 5.74) is 10.3.